The number of ether oxygens (including phenoxy) is 5. The summed E-state index contributed by atoms with van der Waals surface area (Å²) in [4.78, 5) is 11.9. The summed E-state index contributed by atoms with van der Waals surface area (Å²) in [5, 5.41) is 0. The lowest BCUT2D eigenvalue weighted by Gasteiger charge is -2.07. The second-order valence-corrected chi connectivity index (χ2v) is 5.59. The molecule has 0 amide bonds. The van der Waals surface area contributed by atoms with E-state index in [4.69, 9.17) is 23.7 Å². The second kappa shape index (κ2) is 10.7. The van der Waals surface area contributed by atoms with Crippen LogP contribution in [0.1, 0.15) is 11.1 Å². The molecule has 6 heteroatoms. The number of benzene rings is 2. The van der Waals surface area contributed by atoms with Crippen LogP contribution in [0.5, 0.6) is 23.0 Å². The van der Waals surface area contributed by atoms with E-state index in [2.05, 4.69) is 0 Å². The summed E-state index contributed by atoms with van der Waals surface area (Å²) in [6, 6.07) is 10.9. The molecule has 0 aromatic heterocycles. The number of esters is 1. The lowest BCUT2D eigenvalue weighted by atomic mass is 10.2. The molecule has 0 aliphatic rings. The predicted octanol–water partition coefficient (Wildman–Crippen LogP) is 3.99. The third-order valence-corrected chi connectivity index (χ3v) is 3.86. The molecular formula is C22H24O6. The monoisotopic (exact) mass is 384 g/mol. The molecule has 0 atom stereocenters. The Morgan fingerprint density at radius 3 is 1.75 bits per heavy atom. The first-order valence-corrected chi connectivity index (χ1v) is 8.56. The SMILES string of the molecule is COc1ccc(/C=C/COC(=O)/C=C/c2ccc(OC)c(OC)c2)cc1OC. The van der Waals surface area contributed by atoms with Crippen LogP contribution >= 0.6 is 0 Å². The highest BCUT2D eigenvalue weighted by molar-refractivity contribution is 5.87. The molecule has 0 unspecified atom stereocenters. The molecule has 0 saturated heterocycles. The van der Waals surface area contributed by atoms with Gasteiger partial charge in [-0.1, -0.05) is 18.2 Å². The van der Waals surface area contributed by atoms with Crippen molar-refractivity contribution in [2.24, 2.45) is 0 Å². The molecule has 28 heavy (non-hydrogen) atoms. The van der Waals surface area contributed by atoms with Gasteiger partial charge in [-0.25, -0.2) is 4.79 Å². The van der Waals surface area contributed by atoms with Crippen LogP contribution in [0.4, 0.5) is 0 Å². The molecule has 2 aromatic rings. The largest absolute Gasteiger partial charge is 0.493 e. The number of carbonyl (C=O) groups is 1. The predicted molar refractivity (Wildman–Crippen MR) is 108 cm³/mol. The Hall–Kier alpha value is -3.41. The first-order chi connectivity index (χ1) is 13.6. The van der Waals surface area contributed by atoms with Crippen LogP contribution in [0, 0.1) is 0 Å². The second-order valence-electron chi connectivity index (χ2n) is 5.59. The normalized spacial score (nSPS) is 10.9. The summed E-state index contributed by atoms with van der Waals surface area (Å²) >= 11 is 0. The minimum atomic E-state index is -0.438. The molecule has 0 saturated carbocycles. The zero-order valence-corrected chi connectivity index (χ0v) is 16.4. The van der Waals surface area contributed by atoms with Crippen LogP contribution in [0.3, 0.4) is 0 Å². The first-order valence-electron chi connectivity index (χ1n) is 8.56. The van der Waals surface area contributed by atoms with Crippen molar-refractivity contribution in [1.82, 2.24) is 0 Å². The highest BCUT2D eigenvalue weighted by Crippen LogP contribution is 2.28. The Kier molecular flexibility index (Phi) is 7.96. The summed E-state index contributed by atoms with van der Waals surface area (Å²) in [5.41, 5.74) is 1.71. The number of rotatable bonds is 9. The molecule has 6 nitrogen and oxygen atoms in total. The number of methoxy groups -OCH3 is 4. The van der Waals surface area contributed by atoms with E-state index in [1.165, 1.54) is 6.08 Å². The van der Waals surface area contributed by atoms with Crippen molar-refractivity contribution in [3.8, 4) is 23.0 Å². The van der Waals surface area contributed by atoms with Gasteiger partial charge in [-0.3, -0.25) is 0 Å². The molecule has 0 radical (unpaired) electrons. The van der Waals surface area contributed by atoms with Gasteiger partial charge in [0.1, 0.15) is 6.61 Å². The van der Waals surface area contributed by atoms with Gasteiger partial charge in [-0.05, 0) is 47.5 Å². The van der Waals surface area contributed by atoms with Crippen molar-refractivity contribution in [2.75, 3.05) is 35.0 Å². The van der Waals surface area contributed by atoms with Gasteiger partial charge in [-0.15, -0.1) is 0 Å². The molecule has 0 N–H and O–H groups in total. The Bertz CT molecular complexity index is 854. The van der Waals surface area contributed by atoms with Crippen molar-refractivity contribution in [3.63, 3.8) is 0 Å². The fourth-order valence-electron chi connectivity index (χ4n) is 2.44. The maximum Gasteiger partial charge on any atom is 0.331 e. The Labute approximate surface area is 164 Å². The summed E-state index contributed by atoms with van der Waals surface area (Å²) in [6.07, 6.45) is 6.62. The van der Waals surface area contributed by atoms with Crippen molar-refractivity contribution < 1.29 is 28.5 Å². The Balaban J connectivity index is 1.89. The van der Waals surface area contributed by atoms with E-state index in [0.717, 1.165) is 11.1 Å². The number of hydrogen-bond donors (Lipinski definition) is 0. The smallest absolute Gasteiger partial charge is 0.331 e. The van der Waals surface area contributed by atoms with Gasteiger partial charge in [0, 0.05) is 6.08 Å². The average Bonchev–Trinajstić information content (AvgIpc) is 2.74. The summed E-state index contributed by atoms with van der Waals surface area (Å²) in [7, 11) is 6.30. The average molecular weight is 384 g/mol. The maximum atomic E-state index is 11.9. The molecule has 0 bridgehead atoms. The minimum absolute atomic E-state index is 0.156. The first kappa shape index (κ1) is 20.9. The summed E-state index contributed by atoms with van der Waals surface area (Å²) < 4.78 is 26.0. The zero-order valence-electron chi connectivity index (χ0n) is 16.4. The van der Waals surface area contributed by atoms with Crippen LogP contribution in [0.15, 0.2) is 48.6 Å². The lowest BCUT2D eigenvalue weighted by molar-refractivity contribution is -0.136. The minimum Gasteiger partial charge on any atom is -0.493 e. The van der Waals surface area contributed by atoms with Crippen molar-refractivity contribution in [3.05, 3.63) is 59.7 Å². The van der Waals surface area contributed by atoms with Crippen molar-refractivity contribution in [1.29, 1.82) is 0 Å². The van der Waals surface area contributed by atoms with Crippen LogP contribution < -0.4 is 18.9 Å². The fraction of sp³-hybridized carbons (Fsp3) is 0.227. The lowest BCUT2D eigenvalue weighted by Crippen LogP contribution is -2.00. The summed E-state index contributed by atoms with van der Waals surface area (Å²) in [6.45, 7) is 0.156. The van der Waals surface area contributed by atoms with Gasteiger partial charge < -0.3 is 23.7 Å². The molecule has 2 aromatic carbocycles. The van der Waals surface area contributed by atoms with E-state index in [1.807, 2.05) is 30.3 Å². The van der Waals surface area contributed by atoms with Crippen LogP contribution in [0.2, 0.25) is 0 Å². The Morgan fingerprint density at radius 2 is 1.25 bits per heavy atom. The quantitative estimate of drug-likeness (QED) is 0.481. The summed E-state index contributed by atoms with van der Waals surface area (Å²) in [5.74, 6) is 2.08. The van der Waals surface area contributed by atoms with E-state index in [9.17, 15) is 4.79 Å². The maximum absolute atomic E-state index is 11.9. The third kappa shape index (κ3) is 5.81. The molecule has 0 fully saturated rings. The number of hydrogen-bond acceptors (Lipinski definition) is 6. The molecule has 2 rings (SSSR count). The molecule has 0 aliphatic carbocycles. The molecule has 0 aliphatic heterocycles. The van der Waals surface area contributed by atoms with Gasteiger partial charge in [0.2, 0.25) is 0 Å². The van der Waals surface area contributed by atoms with E-state index in [-0.39, 0.29) is 6.61 Å². The fourth-order valence-corrected chi connectivity index (χ4v) is 2.44. The van der Waals surface area contributed by atoms with Gasteiger partial charge in [0.25, 0.3) is 0 Å². The molecular weight excluding hydrogens is 360 g/mol. The van der Waals surface area contributed by atoms with E-state index in [1.54, 1.807) is 52.7 Å². The van der Waals surface area contributed by atoms with Crippen LogP contribution in [0.25, 0.3) is 12.2 Å². The zero-order chi connectivity index (χ0) is 20.4. The standard InChI is InChI=1S/C22H24O6/c1-24-18-10-7-16(14-20(18)26-3)6-5-13-28-22(23)12-9-17-8-11-19(25-2)21(15-17)27-4/h5-12,14-15H,13H2,1-4H3/b6-5+,12-9+. The van der Waals surface area contributed by atoms with Crippen LogP contribution in [-0.2, 0) is 9.53 Å². The topological polar surface area (TPSA) is 63.2 Å². The van der Waals surface area contributed by atoms with Gasteiger partial charge in [0.15, 0.2) is 23.0 Å². The molecule has 0 heterocycles. The highest BCUT2D eigenvalue weighted by Gasteiger charge is 2.04. The Morgan fingerprint density at radius 1 is 0.750 bits per heavy atom. The molecule has 148 valence electrons. The van der Waals surface area contributed by atoms with Crippen molar-refractivity contribution >= 4 is 18.1 Å². The highest BCUT2D eigenvalue weighted by atomic mass is 16.5. The van der Waals surface area contributed by atoms with Gasteiger partial charge >= 0.3 is 5.97 Å². The van der Waals surface area contributed by atoms with Gasteiger partial charge in [-0.2, -0.15) is 0 Å². The van der Waals surface area contributed by atoms with Crippen LogP contribution in [-0.4, -0.2) is 41.0 Å². The number of carbonyl (C=O) groups excluding carboxylic acids is 1. The van der Waals surface area contributed by atoms with Crippen molar-refractivity contribution in [2.45, 2.75) is 0 Å². The van der Waals surface area contributed by atoms with E-state index < -0.39 is 5.97 Å². The molecule has 0 spiro atoms. The van der Waals surface area contributed by atoms with E-state index in [0.29, 0.717) is 23.0 Å². The van der Waals surface area contributed by atoms with Gasteiger partial charge in [0.05, 0.1) is 28.4 Å². The third-order valence-electron chi connectivity index (χ3n) is 3.86. The van der Waals surface area contributed by atoms with E-state index >= 15 is 0 Å².